The molecular weight excluding hydrogens is 252 g/mol. The summed E-state index contributed by atoms with van der Waals surface area (Å²) in [5.74, 6) is -0.962. The Bertz CT molecular complexity index is 449. The molecule has 1 aromatic carbocycles. The van der Waals surface area contributed by atoms with Gasteiger partial charge in [-0.2, -0.15) is 0 Å². The first kappa shape index (κ1) is 14.4. The maximum Gasteiger partial charge on any atom is 0.335 e. The molecule has 0 spiro atoms. The van der Waals surface area contributed by atoms with Gasteiger partial charge in [0.15, 0.2) is 5.11 Å². The van der Waals surface area contributed by atoms with Gasteiger partial charge in [-0.3, -0.25) is 0 Å². The van der Waals surface area contributed by atoms with E-state index in [1.54, 1.807) is 25.3 Å². The number of hydrogen-bond acceptors (Lipinski definition) is 3. The van der Waals surface area contributed by atoms with E-state index in [0.717, 1.165) is 5.56 Å². The van der Waals surface area contributed by atoms with Gasteiger partial charge < -0.3 is 20.5 Å². The molecule has 98 valence electrons. The van der Waals surface area contributed by atoms with Crippen molar-refractivity contribution >= 4 is 29.0 Å². The second-order valence-corrected chi connectivity index (χ2v) is 4.12. The number of carboxylic acids is 1. The van der Waals surface area contributed by atoms with Crippen molar-refractivity contribution in [2.24, 2.45) is 0 Å². The van der Waals surface area contributed by atoms with E-state index in [9.17, 15) is 4.79 Å². The molecule has 0 radical (unpaired) electrons. The van der Waals surface area contributed by atoms with E-state index in [2.05, 4.69) is 10.6 Å². The Balaban J connectivity index is 2.68. The molecule has 1 rings (SSSR count). The van der Waals surface area contributed by atoms with Crippen LogP contribution < -0.4 is 10.6 Å². The Morgan fingerprint density at radius 2 is 2.22 bits per heavy atom. The smallest absolute Gasteiger partial charge is 0.335 e. The number of ether oxygens (including phenoxy) is 1. The Morgan fingerprint density at radius 3 is 2.83 bits per heavy atom. The van der Waals surface area contributed by atoms with Crippen LogP contribution in [0.25, 0.3) is 0 Å². The fraction of sp³-hybridized carbons (Fsp3) is 0.333. The largest absolute Gasteiger partial charge is 0.478 e. The predicted octanol–water partition coefficient (Wildman–Crippen LogP) is 1.63. The average Bonchev–Trinajstić information content (AvgIpc) is 2.32. The van der Waals surface area contributed by atoms with Gasteiger partial charge >= 0.3 is 5.97 Å². The number of rotatable bonds is 5. The van der Waals surface area contributed by atoms with Crippen LogP contribution in [0, 0.1) is 6.92 Å². The molecule has 0 unspecified atom stereocenters. The van der Waals surface area contributed by atoms with Crippen LogP contribution >= 0.6 is 12.2 Å². The Labute approximate surface area is 111 Å². The number of carboxylic acid groups (broad SMARTS) is 1. The maximum absolute atomic E-state index is 10.9. The third-order valence-electron chi connectivity index (χ3n) is 2.32. The summed E-state index contributed by atoms with van der Waals surface area (Å²) >= 11 is 5.09. The molecule has 0 aliphatic carbocycles. The minimum Gasteiger partial charge on any atom is -0.478 e. The summed E-state index contributed by atoms with van der Waals surface area (Å²) < 4.78 is 4.89. The highest BCUT2D eigenvalue weighted by Crippen LogP contribution is 2.16. The molecule has 0 aromatic heterocycles. The summed E-state index contributed by atoms with van der Waals surface area (Å²) in [5.41, 5.74) is 1.84. The molecule has 1 aromatic rings. The lowest BCUT2D eigenvalue weighted by Crippen LogP contribution is -2.31. The van der Waals surface area contributed by atoms with Gasteiger partial charge in [-0.25, -0.2) is 4.79 Å². The SMILES string of the molecule is COCCNC(=S)Nc1cc(C(=O)O)ccc1C. The van der Waals surface area contributed by atoms with Crippen LogP contribution in [0.3, 0.4) is 0 Å². The number of aryl methyl sites for hydroxylation is 1. The highest BCUT2D eigenvalue weighted by molar-refractivity contribution is 7.80. The molecule has 0 fully saturated rings. The molecule has 0 atom stereocenters. The maximum atomic E-state index is 10.9. The number of nitrogens with one attached hydrogen (secondary N) is 2. The first-order valence-electron chi connectivity index (χ1n) is 5.42. The molecular formula is C12H16N2O3S. The summed E-state index contributed by atoms with van der Waals surface area (Å²) in [5, 5.41) is 15.3. The minimum atomic E-state index is -0.962. The predicted molar refractivity (Wildman–Crippen MR) is 74.2 cm³/mol. The van der Waals surface area contributed by atoms with Crippen molar-refractivity contribution in [3.05, 3.63) is 29.3 Å². The Morgan fingerprint density at radius 1 is 1.50 bits per heavy atom. The molecule has 6 heteroatoms. The van der Waals surface area contributed by atoms with Gasteiger partial charge in [0.2, 0.25) is 0 Å². The molecule has 0 aliphatic heterocycles. The van der Waals surface area contributed by atoms with Crippen LogP contribution in [0.15, 0.2) is 18.2 Å². The number of hydrogen-bond donors (Lipinski definition) is 3. The van der Waals surface area contributed by atoms with Crippen LogP contribution in [-0.4, -0.2) is 36.4 Å². The van der Waals surface area contributed by atoms with Crippen molar-refractivity contribution in [2.75, 3.05) is 25.6 Å². The first-order valence-corrected chi connectivity index (χ1v) is 5.83. The molecule has 0 aliphatic rings. The first-order chi connectivity index (χ1) is 8.54. The Hall–Kier alpha value is -1.66. The second-order valence-electron chi connectivity index (χ2n) is 3.71. The van der Waals surface area contributed by atoms with Crippen molar-refractivity contribution in [1.29, 1.82) is 0 Å². The van der Waals surface area contributed by atoms with E-state index in [1.165, 1.54) is 0 Å². The van der Waals surface area contributed by atoms with Crippen LogP contribution in [0.4, 0.5) is 5.69 Å². The zero-order valence-electron chi connectivity index (χ0n) is 10.3. The lowest BCUT2D eigenvalue weighted by atomic mass is 10.1. The summed E-state index contributed by atoms with van der Waals surface area (Å²) in [6.07, 6.45) is 0. The summed E-state index contributed by atoms with van der Waals surface area (Å²) in [6.45, 7) is 3.03. The number of carbonyl (C=O) groups is 1. The minimum absolute atomic E-state index is 0.225. The van der Waals surface area contributed by atoms with Crippen LogP contribution in [0.5, 0.6) is 0 Å². The standard InChI is InChI=1S/C12H16N2O3S/c1-8-3-4-9(11(15)16)7-10(8)14-12(18)13-5-6-17-2/h3-4,7H,5-6H2,1-2H3,(H,15,16)(H2,13,14,18). The van der Waals surface area contributed by atoms with Gasteiger partial charge in [0.25, 0.3) is 0 Å². The zero-order chi connectivity index (χ0) is 13.5. The van der Waals surface area contributed by atoms with Crippen LogP contribution in [0.1, 0.15) is 15.9 Å². The average molecular weight is 268 g/mol. The quantitative estimate of drug-likeness (QED) is 0.557. The second kappa shape index (κ2) is 6.93. The third kappa shape index (κ3) is 4.31. The topological polar surface area (TPSA) is 70.6 Å². The Kier molecular flexibility index (Phi) is 5.54. The van der Waals surface area contributed by atoms with Gasteiger partial charge in [0.1, 0.15) is 0 Å². The highest BCUT2D eigenvalue weighted by atomic mass is 32.1. The fourth-order valence-electron chi connectivity index (χ4n) is 1.32. The van der Waals surface area contributed by atoms with Gasteiger partial charge in [-0.1, -0.05) is 6.07 Å². The molecule has 0 saturated carbocycles. The van der Waals surface area contributed by atoms with Crippen LogP contribution in [-0.2, 0) is 4.74 Å². The molecule has 0 bridgehead atoms. The van der Waals surface area contributed by atoms with E-state index in [0.29, 0.717) is 24.0 Å². The number of anilines is 1. The molecule has 3 N–H and O–H groups in total. The van der Waals surface area contributed by atoms with E-state index in [-0.39, 0.29) is 5.56 Å². The van der Waals surface area contributed by atoms with Crippen molar-refractivity contribution < 1.29 is 14.6 Å². The highest BCUT2D eigenvalue weighted by Gasteiger charge is 2.07. The lowest BCUT2D eigenvalue weighted by Gasteiger charge is -2.12. The third-order valence-corrected chi connectivity index (χ3v) is 2.57. The molecule has 0 saturated heterocycles. The number of aromatic carboxylic acids is 1. The van der Waals surface area contributed by atoms with E-state index >= 15 is 0 Å². The van der Waals surface area contributed by atoms with Crippen molar-refractivity contribution in [2.45, 2.75) is 6.92 Å². The van der Waals surface area contributed by atoms with E-state index < -0.39 is 5.97 Å². The monoisotopic (exact) mass is 268 g/mol. The number of thiocarbonyl (C=S) groups is 1. The molecule has 0 heterocycles. The van der Waals surface area contributed by atoms with Crippen molar-refractivity contribution in [3.63, 3.8) is 0 Å². The lowest BCUT2D eigenvalue weighted by molar-refractivity contribution is 0.0697. The van der Waals surface area contributed by atoms with Gasteiger partial charge in [0.05, 0.1) is 12.2 Å². The van der Waals surface area contributed by atoms with Gasteiger partial charge in [-0.15, -0.1) is 0 Å². The number of benzene rings is 1. The summed E-state index contributed by atoms with van der Waals surface area (Å²) in [6, 6.07) is 4.86. The van der Waals surface area contributed by atoms with Crippen molar-refractivity contribution in [1.82, 2.24) is 5.32 Å². The molecule has 0 amide bonds. The van der Waals surface area contributed by atoms with Crippen LogP contribution in [0.2, 0.25) is 0 Å². The molecule has 5 nitrogen and oxygen atoms in total. The summed E-state index contributed by atoms with van der Waals surface area (Å²) in [7, 11) is 1.61. The van der Waals surface area contributed by atoms with E-state index in [4.69, 9.17) is 22.1 Å². The molecule has 18 heavy (non-hydrogen) atoms. The van der Waals surface area contributed by atoms with Crippen molar-refractivity contribution in [3.8, 4) is 0 Å². The zero-order valence-corrected chi connectivity index (χ0v) is 11.1. The van der Waals surface area contributed by atoms with Gasteiger partial charge in [-0.05, 0) is 36.8 Å². The van der Waals surface area contributed by atoms with Gasteiger partial charge in [0, 0.05) is 19.3 Å². The fourth-order valence-corrected chi connectivity index (χ4v) is 1.53. The van der Waals surface area contributed by atoms with E-state index in [1.807, 2.05) is 6.92 Å². The number of methoxy groups -OCH3 is 1. The summed E-state index contributed by atoms with van der Waals surface area (Å²) in [4.78, 5) is 10.9. The normalized spacial score (nSPS) is 9.89.